The number of carbonyl (C=O) groups is 1. The molecule has 0 fully saturated rings. The molecule has 0 aliphatic heterocycles. The quantitative estimate of drug-likeness (QED) is 0.312. The van der Waals surface area contributed by atoms with E-state index in [0.29, 0.717) is 5.69 Å². The summed E-state index contributed by atoms with van der Waals surface area (Å²) in [6, 6.07) is 4.06. The van der Waals surface area contributed by atoms with Crippen molar-refractivity contribution in [3.63, 3.8) is 0 Å². The Morgan fingerprint density at radius 2 is 2.31 bits per heavy atom. The number of hydrogen-bond acceptors (Lipinski definition) is 3. The molecular weight excluding hydrogens is 213 g/mol. The van der Waals surface area contributed by atoms with Gasteiger partial charge in [0.2, 0.25) is 5.91 Å². The molecule has 5 nitrogen and oxygen atoms in total. The number of benzene rings is 1. The van der Waals surface area contributed by atoms with Crippen LogP contribution in [0.4, 0.5) is 10.1 Å². The Morgan fingerprint density at radius 3 is 2.94 bits per heavy atom. The van der Waals surface area contributed by atoms with Crippen LogP contribution in [0.3, 0.4) is 0 Å². The first-order chi connectivity index (χ1) is 7.52. The van der Waals surface area contributed by atoms with Crippen molar-refractivity contribution in [2.75, 3.05) is 5.32 Å². The van der Waals surface area contributed by atoms with Gasteiger partial charge in [-0.25, -0.2) is 4.39 Å². The van der Waals surface area contributed by atoms with Crippen LogP contribution in [0.5, 0.6) is 0 Å². The van der Waals surface area contributed by atoms with Crippen LogP contribution in [0.15, 0.2) is 23.4 Å². The summed E-state index contributed by atoms with van der Waals surface area (Å²) in [5.74, 6) is -1.11. The molecule has 4 N–H and O–H groups in total. The number of halogens is 1. The predicted molar refractivity (Wildman–Crippen MR) is 57.8 cm³/mol. The van der Waals surface area contributed by atoms with E-state index in [4.69, 9.17) is 10.9 Å². The van der Waals surface area contributed by atoms with Crippen molar-refractivity contribution in [1.29, 1.82) is 0 Å². The third kappa shape index (κ3) is 3.23. The molecule has 86 valence electrons. The Hall–Kier alpha value is -2.11. The minimum Gasteiger partial charge on any atom is -0.409 e. The maximum absolute atomic E-state index is 12.9. The molecule has 0 saturated heterocycles. The van der Waals surface area contributed by atoms with Gasteiger partial charge >= 0.3 is 0 Å². The zero-order valence-electron chi connectivity index (χ0n) is 8.70. The van der Waals surface area contributed by atoms with Gasteiger partial charge in [0.1, 0.15) is 11.7 Å². The summed E-state index contributed by atoms with van der Waals surface area (Å²) in [6.07, 6.45) is -0.244. The second-order valence-electron chi connectivity index (χ2n) is 3.28. The molecule has 1 aromatic rings. The van der Waals surface area contributed by atoms with Crippen molar-refractivity contribution >= 4 is 17.4 Å². The summed E-state index contributed by atoms with van der Waals surface area (Å²) in [5, 5.41) is 13.4. The van der Waals surface area contributed by atoms with E-state index >= 15 is 0 Å². The number of aryl methyl sites for hydroxylation is 1. The lowest BCUT2D eigenvalue weighted by atomic mass is 10.2. The van der Waals surface area contributed by atoms with Crippen LogP contribution in [0.25, 0.3) is 0 Å². The molecule has 0 atom stereocenters. The van der Waals surface area contributed by atoms with Crippen LogP contribution in [-0.4, -0.2) is 17.0 Å². The molecule has 1 rings (SSSR count). The van der Waals surface area contributed by atoms with Gasteiger partial charge in [0, 0.05) is 5.69 Å². The highest BCUT2D eigenvalue weighted by Crippen LogP contribution is 2.15. The van der Waals surface area contributed by atoms with Crippen LogP contribution in [-0.2, 0) is 4.79 Å². The zero-order chi connectivity index (χ0) is 12.1. The average molecular weight is 225 g/mol. The van der Waals surface area contributed by atoms with E-state index in [0.717, 1.165) is 5.56 Å². The molecule has 16 heavy (non-hydrogen) atoms. The smallest absolute Gasteiger partial charge is 0.232 e. The summed E-state index contributed by atoms with van der Waals surface area (Å²) in [6.45, 7) is 1.73. The highest BCUT2D eigenvalue weighted by molar-refractivity contribution is 6.05. The van der Waals surface area contributed by atoms with Crippen molar-refractivity contribution < 1.29 is 14.4 Å². The van der Waals surface area contributed by atoms with Gasteiger partial charge in [0.25, 0.3) is 0 Å². The van der Waals surface area contributed by atoms with Crippen molar-refractivity contribution in [2.45, 2.75) is 13.3 Å². The van der Waals surface area contributed by atoms with E-state index < -0.39 is 11.7 Å². The normalized spacial score (nSPS) is 11.2. The fourth-order valence-corrected chi connectivity index (χ4v) is 1.12. The number of nitrogens with zero attached hydrogens (tertiary/aromatic N) is 1. The average Bonchev–Trinajstić information content (AvgIpc) is 2.23. The number of carbonyl (C=O) groups excluding carboxylic acids is 1. The van der Waals surface area contributed by atoms with E-state index in [1.54, 1.807) is 13.0 Å². The molecule has 0 bridgehead atoms. The SMILES string of the molecule is Cc1ccc(F)cc1NC(=O)C/C(N)=N/O. The molecule has 0 spiro atoms. The number of amidine groups is 1. The topological polar surface area (TPSA) is 87.7 Å². The third-order valence-corrected chi connectivity index (χ3v) is 1.94. The first kappa shape index (κ1) is 12.0. The van der Waals surface area contributed by atoms with Crippen LogP contribution in [0.1, 0.15) is 12.0 Å². The van der Waals surface area contributed by atoms with Crippen LogP contribution in [0.2, 0.25) is 0 Å². The number of nitrogens with one attached hydrogen (secondary N) is 1. The van der Waals surface area contributed by atoms with Gasteiger partial charge in [-0.15, -0.1) is 0 Å². The van der Waals surface area contributed by atoms with E-state index in [1.807, 2.05) is 0 Å². The molecule has 0 radical (unpaired) electrons. The molecule has 0 aliphatic carbocycles. The summed E-state index contributed by atoms with van der Waals surface area (Å²) >= 11 is 0. The zero-order valence-corrected chi connectivity index (χ0v) is 8.70. The maximum Gasteiger partial charge on any atom is 0.232 e. The summed E-state index contributed by atoms with van der Waals surface area (Å²) in [7, 11) is 0. The molecule has 1 amide bonds. The lowest BCUT2D eigenvalue weighted by Crippen LogP contribution is -2.22. The molecule has 0 unspecified atom stereocenters. The number of rotatable bonds is 3. The summed E-state index contributed by atoms with van der Waals surface area (Å²) in [4.78, 5) is 11.3. The molecule has 0 saturated carbocycles. The predicted octanol–water partition coefficient (Wildman–Crippen LogP) is 1.21. The molecular formula is C10H12FN3O2. The van der Waals surface area contributed by atoms with E-state index in [-0.39, 0.29) is 12.3 Å². The maximum atomic E-state index is 12.9. The summed E-state index contributed by atoms with van der Waals surface area (Å²) < 4.78 is 12.9. The van der Waals surface area contributed by atoms with Gasteiger partial charge in [0.05, 0.1) is 6.42 Å². The minimum atomic E-state index is -0.469. The van der Waals surface area contributed by atoms with Gasteiger partial charge in [-0.05, 0) is 24.6 Å². The van der Waals surface area contributed by atoms with Gasteiger partial charge in [-0.3, -0.25) is 4.79 Å². The molecule has 0 aromatic heterocycles. The fraction of sp³-hybridized carbons (Fsp3) is 0.200. The highest BCUT2D eigenvalue weighted by atomic mass is 19.1. The molecule has 0 heterocycles. The number of amides is 1. The third-order valence-electron chi connectivity index (χ3n) is 1.94. The molecule has 6 heteroatoms. The van der Waals surface area contributed by atoms with Crippen molar-refractivity contribution in [1.82, 2.24) is 0 Å². The van der Waals surface area contributed by atoms with E-state index in [1.165, 1.54) is 12.1 Å². The largest absolute Gasteiger partial charge is 0.409 e. The van der Waals surface area contributed by atoms with Crippen LogP contribution < -0.4 is 11.1 Å². The second kappa shape index (κ2) is 5.11. The fourth-order valence-electron chi connectivity index (χ4n) is 1.12. The van der Waals surface area contributed by atoms with Crippen LogP contribution >= 0.6 is 0 Å². The van der Waals surface area contributed by atoms with E-state index in [9.17, 15) is 9.18 Å². The summed E-state index contributed by atoms with van der Waals surface area (Å²) in [5.41, 5.74) is 6.26. The lowest BCUT2D eigenvalue weighted by molar-refractivity contribution is -0.115. The molecule has 0 aliphatic rings. The van der Waals surface area contributed by atoms with Crippen molar-refractivity contribution in [3.8, 4) is 0 Å². The Kier molecular flexibility index (Phi) is 3.82. The number of hydrogen-bond donors (Lipinski definition) is 3. The highest BCUT2D eigenvalue weighted by Gasteiger charge is 2.07. The van der Waals surface area contributed by atoms with Gasteiger partial charge in [0.15, 0.2) is 0 Å². The first-order valence-corrected chi connectivity index (χ1v) is 4.55. The van der Waals surface area contributed by atoms with Gasteiger partial charge < -0.3 is 16.3 Å². The Labute approximate surface area is 91.8 Å². The monoisotopic (exact) mass is 225 g/mol. The second-order valence-corrected chi connectivity index (χ2v) is 3.28. The standard InChI is InChI=1S/C10H12FN3O2/c1-6-2-3-7(11)4-8(6)13-10(15)5-9(12)14-16/h2-4,16H,5H2,1H3,(H2,12,14)(H,13,15). The Morgan fingerprint density at radius 1 is 1.62 bits per heavy atom. The number of oxime groups is 1. The Balaban J connectivity index is 2.73. The first-order valence-electron chi connectivity index (χ1n) is 4.55. The number of nitrogens with two attached hydrogens (primary N) is 1. The molecule has 1 aromatic carbocycles. The van der Waals surface area contributed by atoms with Crippen molar-refractivity contribution in [3.05, 3.63) is 29.6 Å². The minimum absolute atomic E-state index is 0.202. The van der Waals surface area contributed by atoms with Crippen LogP contribution in [0, 0.1) is 12.7 Å². The van der Waals surface area contributed by atoms with Gasteiger partial charge in [-0.1, -0.05) is 11.2 Å². The Bertz CT molecular complexity index is 432. The van der Waals surface area contributed by atoms with Crippen molar-refractivity contribution in [2.24, 2.45) is 10.9 Å². The van der Waals surface area contributed by atoms with E-state index in [2.05, 4.69) is 10.5 Å². The van der Waals surface area contributed by atoms with Gasteiger partial charge in [-0.2, -0.15) is 0 Å². The lowest BCUT2D eigenvalue weighted by Gasteiger charge is -2.07. The number of anilines is 1.